The number of rotatable bonds is 9. The first-order valence-electron chi connectivity index (χ1n) is 13.3. The number of aldehydes is 1. The lowest BCUT2D eigenvalue weighted by Gasteiger charge is -2.33. The molecule has 39 heavy (non-hydrogen) atoms. The van der Waals surface area contributed by atoms with Crippen molar-refractivity contribution in [2.75, 3.05) is 30.1 Å². The topological polar surface area (TPSA) is 140 Å². The van der Waals surface area contributed by atoms with E-state index in [1.54, 1.807) is 28.6 Å². The van der Waals surface area contributed by atoms with Gasteiger partial charge in [-0.2, -0.15) is 11.8 Å². The van der Waals surface area contributed by atoms with Crippen molar-refractivity contribution >= 4 is 63.3 Å². The number of hydrogen-bond donors (Lipinski definition) is 3. The van der Waals surface area contributed by atoms with E-state index in [-0.39, 0.29) is 31.8 Å². The highest BCUT2D eigenvalue weighted by molar-refractivity contribution is 8.76. The molecule has 13 heteroatoms. The van der Waals surface area contributed by atoms with E-state index < -0.39 is 54.0 Å². The zero-order valence-electron chi connectivity index (χ0n) is 22.8. The minimum Gasteiger partial charge on any atom is -0.457 e. The molecule has 0 saturated carbocycles. The molecule has 2 aliphatic rings. The predicted molar refractivity (Wildman–Crippen MR) is 156 cm³/mol. The van der Waals surface area contributed by atoms with Gasteiger partial charge in [0.25, 0.3) is 0 Å². The SMILES string of the molecule is CCC(C)[C@H]1NC(=O)[C@H]2CSSCC/C=C/[C@H](CC(=O)N[C@H](CCSC)C(=O)N2)OC(=O)C[C@@H]1OCCC=O. The molecule has 0 aliphatic carbocycles. The van der Waals surface area contributed by atoms with Gasteiger partial charge in [-0.25, -0.2) is 0 Å². The van der Waals surface area contributed by atoms with Crippen LogP contribution in [0.3, 0.4) is 0 Å². The Bertz CT molecular complexity index is 861. The van der Waals surface area contributed by atoms with Crippen LogP contribution in [-0.4, -0.2) is 90.4 Å². The van der Waals surface area contributed by atoms with Gasteiger partial charge in [-0.3, -0.25) is 19.2 Å². The molecule has 2 rings (SSSR count). The van der Waals surface area contributed by atoms with E-state index in [4.69, 9.17) is 9.47 Å². The molecule has 2 heterocycles. The van der Waals surface area contributed by atoms with Crippen LogP contribution in [0.25, 0.3) is 0 Å². The third kappa shape index (κ3) is 12.1. The van der Waals surface area contributed by atoms with Gasteiger partial charge in [-0.05, 0) is 36.8 Å². The Morgan fingerprint density at radius 1 is 1.15 bits per heavy atom. The standard InChI is InChI=1S/C26H41N3O7S3/c1-4-17(2)24-21(35-11-7-10-30)15-23(32)36-18-8-5-6-12-38-39-16-20(26(34)29-24)28-25(33)19(9-13-37-3)27-22(31)14-18/h5,8,10,17-21,24H,4,6-7,9,11-16H2,1-3H3,(H,27,31)(H,28,33)(H,29,34)/b8-5+/t17?,18-,19-,20-,21+,24-/m1/s1. The van der Waals surface area contributed by atoms with Gasteiger partial charge in [0.15, 0.2) is 0 Å². The molecule has 0 aromatic heterocycles. The number of esters is 1. The molecular formula is C26H41N3O7S3. The fourth-order valence-corrected chi connectivity index (χ4v) is 6.77. The van der Waals surface area contributed by atoms with Gasteiger partial charge in [0, 0.05) is 17.9 Å². The fourth-order valence-electron chi connectivity index (χ4n) is 4.14. The summed E-state index contributed by atoms with van der Waals surface area (Å²) in [5, 5.41) is 8.67. The minimum atomic E-state index is -0.864. The molecule has 2 aliphatic heterocycles. The minimum absolute atomic E-state index is 0.0795. The van der Waals surface area contributed by atoms with Gasteiger partial charge in [0.05, 0.1) is 31.6 Å². The molecule has 0 aromatic rings. The summed E-state index contributed by atoms with van der Waals surface area (Å²) >= 11 is 1.55. The highest BCUT2D eigenvalue weighted by Gasteiger charge is 2.35. The Balaban J connectivity index is 2.52. The van der Waals surface area contributed by atoms with E-state index in [0.717, 1.165) is 12.0 Å². The summed E-state index contributed by atoms with van der Waals surface area (Å²) < 4.78 is 11.7. The molecular weight excluding hydrogens is 563 g/mol. The van der Waals surface area contributed by atoms with Gasteiger partial charge in [-0.15, -0.1) is 0 Å². The number of thioether (sulfide) groups is 1. The zero-order chi connectivity index (χ0) is 28.6. The van der Waals surface area contributed by atoms with Crippen molar-refractivity contribution in [2.24, 2.45) is 5.92 Å². The number of hydrogen-bond acceptors (Lipinski definition) is 10. The normalized spacial score (nSPS) is 29.4. The summed E-state index contributed by atoms with van der Waals surface area (Å²) in [4.78, 5) is 64.0. The molecule has 3 amide bonds. The maximum atomic E-state index is 13.6. The van der Waals surface area contributed by atoms with Crippen LogP contribution >= 0.6 is 33.3 Å². The van der Waals surface area contributed by atoms with E-state index in [9.17, 15) is 24.0 Å². The van der Waals surface area contributed by atoms with Crippen LogP contribution in [0.1, 0.15) is 52.4 Å². The van der Waals surface area contributed by atoms with Gasteiger partial charge in [-0.1, -0.05) is 47.9 Å². The van der Waals surface area contributed by atoms with Crippen molar-refractivity contribution in [1.82, 2.24) is 16.0 Å². The number of allylic oxidation sites excluding steroid dienone is 1. The maximum Gasteiger partial charge on any atom is 0.309 e. The van der Waals surface area contributed by atoms with Gasteiger partial charge in [0.1, 0.15) is 24.5 Å². The number of nitrogens with one attached hydrogen (secondary N) is 3. The van der Waals surface area contributed by atoms with Crippen molar-refractivity contribution in [3.63, 3.8) is 0 Å². The van der Waals surface area contributed by atoms with E-state index in [0.29, 0.717) is 30.8 Å². The van der Waals surface area contributed by atoms with Gasteiger partial charge >= 0.3 is 5.97 Å². The van der Waals surface area contributed by atoms with Crippen LogP contribution in [0.5, 0.6) is 0 Å². The molecule has 10 nitrogen and oxygen atoms in total. The molecule has 1 saturated heterocycles. The molecule has 2 bridgehead atoms. The second-order valence-corrected chi connectivity index (χ2v) is 13.1. The van der Waals surface area contributed by atoms with Crippen molar-refractivity contribution < 1.29 is 33.4 Å². The number of carbonyl (C=O) groups excluding carboxylic acids is 5. The first-order valence-corrected chi connectivity index (χ1v) is 17.2. The van der Waals surface area contributed by atoms with Crippen molar-refractivity contribution in [2.45, 2.75) is 82.7 Å². The molecule has 0 aromatic carbocycles. The molecule has 3 N–H and O–H groups in total. The number of ether oxygens (including phenoxy) is 2. The van der Waals surface area contributed by atoms with Crippen molar-refractivity contribution in [1.29, 1.82) is 0 Å². The molecule has 1 fully saturated rings. The highest BCUT2D eigenvalue weighted by atomic mass is 33.1. The number of carbonyl (C=O) groups is 5. The van der Waals surface area contributed by atoms with Crippen LogP contribution in [0.15, 0.2) is 12.2 Å². The van der Waals surface area contributed by atoms with E-state index in [2.05, 4.69) is 16.0 Å². The largest absolute Gasteiger partial charge is 0.457 e. The third-order valence-corrected chi connectivity index (χ3v) is 9.59. The lowest BCUT2D eigenvalue weighted by atomic mass is 9.92. The van der Waals surface area contributed by atoms with E-state index >= 15 is 0 Å². The molecule has 220 valence electrons. The third-order valence-electron chi connectivity index (χ3n) is 6.50. The van der Waals surface area contributed by atoms with Crippen LogP contribution in [0, 0.1) is 5.92 Å². The molecule has 1 unspecified atom stereocenters. The Labute approximate surface area is 243 Å². The smallest absolute Gasteiger partial charge is 0.309 e. The van der Waals surface area contributed by atoms with E-state index in [1.165, 1.54) is 10.8 Å². The summed E-state index contributed by atoms with van der Waals surface area (Å²) in [5.74, 6) is -0.210. The molecule has 0 spiro atoms. The first-order chi connectivity index (χ1) is 18.8. The molecule has 6 atom stereocenters. The first kappa shape index (κ1) is 33.5. The van der Waals surface area contributed by atoms with Crippen molar-refractivity contribution in [3.8, 4) is 0 Å². The monoisotopic (exact) mass is 603 g/mol. The van der Waals surface area contributed by atoms with Crippen LogP contribution in [0.4, 0.5) is 0 Å². The Morgan fingerprint density at radius 3 is 2.67 bits per heavy atom. The van der Waals surface area contributed by atoms with E-state index in [1.807, 2.05) is 26.2 Å². The van der Waals surface area contributed by atoms with Crippen molar-refractivity contribution in [3.05, 3.63) is 12.2 Å². The second-order valence-electron chi connectivity index (χ2n) is 9.51. The summed E-state index contributed by atoms with van der Waals surface area (Å²) in [6.45, 7) is 4.00. The van der Waals surface area contributed by atoms with Crippen LogP contribution in [0.2, 0.25) is 0 Å². The lowest BCUT2D eigenvalue weighted by molar-refractivity contribution is -0.152. The second kappa shape index (κ2) is 18.6. The fraction of sp³-hybridized carbons (Fsp3) is 0.731. The zero-order valence-corrected chi connectivity index (χ0v) is 25.3. The Hall–Kier alpha value is -1.70. The number of fused-ring (bicyclic) bond motifs is 7. The summed E-state index contributed by atoms with van der Waals surface area (Å²) in [7, 11) is 3.07. The summed E-state index contributed by atoms with van der Waals surface area (Å²) in [6, 6.07) is -2.27. The van der Waals surface area contributed by atoms with Crippen LogP contribution < -0.4 is 16.0 Å². The molecule has 0 radical (unpaired) electrons. The quantitative estimate of drug-likeness (QED) is 0.118. The van der Waals surface area contributed by atoms with Gasteiger partial charge < -0.3 is 30.2 Å². The average Bonchev–Trinajstić information content (AvgIpc) is 2.91. The summed E-state index contributed by atoms with van der Waals surface area (Å²) in [5.41, 5.74) is 0. The van der Waals surface area contributed by atoms with Gasteiger partial charge in [0.2, 0.25) is 17.7 Å². The lowest BCUT2D eigenvalue weighted by Crippen LogP contribution is -2.58. The average molecular weight is 604 g/mol. The summed E-state index contributed by atoms with van der Waals surface area (Å²) in [6.07, 6.45) is 6.23. The predicted octanol–water partition coefficient (Wildman–Crippen LogP) is 2.26. The Morgan fingerprint density at radius 2 is 1.95 bits per heavy atom. The number of amides is 3. The highest BCUT2D eigenvalue weighted by Crippen LogP contribution is 2.25. The maximum absolute atomic E-state index is 13.6. The Kier molecular flexibility index (Phi) is 16.0. The van der Waals surface area contributed by atoms with Crippen LogP contribution in [-0.2, 0) is 33.4 Å².